The van der Waals surface area contributed by atoms with E-state index in [9.17, 15) is 8.42 Å². The third kappa shape index (κ3) is 5.65. The number of aliphatic hydroxyl groups excluding tert-OH is 1. The van der Waals surface area contributed by atoms with Crippen molar-refractivity contribution >= 4 is 10.0 Å². The Kier molecular flexibility index (Phi) is 7.14. The molecule has 0 radical (unpaired) electrons. The summed E-state index contributed by atoms with van der Waals surface area (Å²) in [5.74, 6) is 0.879. The average molecular weight is 315 g/mol. The van der Waals surface area contributed by atoms with E-state index in [-0.39, 0.29) is 17.3 Å². The Bertz CT molecular complexity index is 541. The van der Waals surface area contributed by atoms with Gasteiger partial charge in [0, 0.05) is 6.54 Å². The largest absolute Gasteiger partial charge is 0.495 e. The molecule has 0 saturated carbocycles. The number of hydrogen-bond acceptors (Lipinski definition) is 4. The van der Waals surface area contributed by atoms with E-state index in [1.807, 2.05) is 0 Å². The average Bonchev–Trinajstić information content (AvgIpc) is 2.45. The van der Waals surface area contributed by atoms with Crippen LogP contribution in [0.4, 0.5) is 0 Å². The van der Waals surface area contributed by atoms with E-state index in [0.717, 1.165) is 19.3 Å². The molecule has 0 aromatic heterocycles. The molecule has 2 N–H and O–H groups in total. The van der Waals surface area contributed by atoms with Crippen molar-refractivity contribution in [1.82, 2.24) is 4.72 Å². The van der Waals surface area contributed by atoms with Crippen molar-refractivity contribution in [2.75, 3.05) is 13.7 Å². The summed E-state index contributed by atoms with van der Waals surface area (Å²) in [6.07, 6.45) is 2.91. The number of unbranched alkanes of at least 4 members (excludes halogenated alkanes) is 1. The predicted octanol–water partition coefficient (Wildman–Crippen LogP) is 2.29. The minimum absolute atomic E-state index is 0.103. The van der Waals surface area contributed by atoms with Gasteiger partial charge >= 0.3 is 0 Å². The Morgan fingerprint density at radius 1 is 1.29 bits per heavy atom. The Morgan fingerprint density at radius 3 is 2.57 bits per heavy atom. The normalized spacial score (nSPS) is 11.9. The highest BCUT2D eigenvalue weighted by atomic mass is 32.2. The number of methoxy groups -OCH3 is 1. The third-order valence-corrected chi connectivity index (χ3v) is 4.70. The summed E-state index contributed by atoms with van der Waals surface area (Å²) in [5, 5.41) is 9.08. The lowest BCUT2D eigenvalue weighted by Gasteiger charge is -2.12. The molecular weight excluding hydrogens is 290 g/mol. The fourth-order valence-corrected chi connectivity index (χ4v) is 3.22. The highest BCUT2D eigenvalue weighted by Crippen LogP contribution is 2.25. The van der Waals surface area contributed by atoms with Crippen molar-refractivity contribution in [2.45, 2.75) is 44.6 Å². The minimum Gasteiger partial charge on any atom is -0.495 e. The van der Waals surface area contributed by atoms with E-state index < -0.39 is 10.0 Å². The smallest absolute Gasteiger partial charge is 0.244 e. The number of sulfonamides is 1. The SMILES string of the molecule is COc1cc(CO)ccc1S(=O)(=O)NCCCCC(C)C. The molecule has 0 fully saturated rings. The molecule has 0 amide bonds. The van der Waals surface area contributed by atoms with Gasteiger partial charge in [-0.2, -0.15) is 0 Å². The first-order valence-corrected chi connectivity index (χ1v) is 8.66. The van der Waals surface area contributed by atoms with Crippen LogP contribution in [0.3, 0.4) is 0 Å². The lowest BCUT2D eigenvalue weighted by atomic mass is 10.1. The summed E-state index contributed by atoms with van der Waals surface area (Å²) in [6.45, 7) is 4.56. The van der Waals surface area contributed by atoms with Gasteiger partial charge in [-0.05, 0) is 30.0 Å². The van der Waals surface area contributed by atoms with Crippen molar-refractivity contribution in [2.24, 2.45) is 5.92 Å². The van der Waals surface area contributed by atoms with Crippen LogP contribution in [0.2, 0.25) is 0 Å². The van der Waals surface area contributed by atoms with Gasteiger partial charge in [-0.15, -0.1) is 0 Å². The van der Waals surface area contributed by atoms with Gasteiger partial charge in [-0.1, -0.05) is 32.8 Å². The molecule has 5 nitrogen and oxygen atoms in total. The van der Waals surface area contributed by atoms with E-state index in [1.54, 1.807) is 6.07 Å². The summed E-state index contributed by atoms with van der Waals surface area (Å²) in [7, 11) is -2.17. The van der Waals surface area contributed by atoms with Gasteiger partial charge in [0.25, 0.3) is 0 Å². The maximum Gasteiger partial charge on any atom is 0.244 e. The lowest BCUT2D eigenvalue weighted by molar-refractivity contribution is 0.280. The molecular formula is C15H25NO4S. The minimum atomic E-state index is -3.59. The van der Waals surface area contributed by atoms with Gasteiger partial charge in [0.2, 0.25) is 10.0 Å². The van der Waals surface area contributed by atoms with Crippen molar-refractivity contribution in [1.29, 1.82) is 0 Å². The zero-order valence-corrected chi connectivity index (χ0v) is 13.7. The Morgan fingerprint density at radius 2 is 2.00 bits per heavy atom. The molecule has 0 aliphatic rings. The summed E-state index contributed by atoms with van der Waals surface area (Å²) in [6, 6.07) is 4.57. The van der Waals surface area contributed by atoms with Crippen LogP contribution in [0.25, 0.3) is 0 Å². The van der Waals surface area contributed by atoms with E-state index >= 15 is 0 Å². The number of hydrogen-bond donors (Lipinski definition) is 2. The molecule has 0 bridgehead atoms. The van der Waals surface area contributed by atoms with Crippen LogP contribution in [0, 0.1) is 5.92 Å². The van der Waals surface area contributed by atoms with Gasteiger partial charge in [0.1, 0.15) is 10.6 Å². The van der Waals surface area contributed by atoms with Crippen LogP contribution in [-0.4, -0.2) is 27.2 Å². The second-order valence-electron chi connectivity index (χ2n) is 5.43. The highest BCUT2D eigenvalue weighted by molar-refractivity contribution is 7.89. The van der Waals surface area contributed by atoms with Gasteiger partial charge in [0.05, 0.1) is 13.7 Å². The summed E-state index contributed by atoms with van der Waals surface area (Å²) in [5.41, 5.74) is 0.614. The second-order valence-corrected chi connectivity index (χ2v) is 7.17. The summed E-state index contributed by atoms with van der Waals surface area (Å²) in [4.78, 5) is 0.103. The first kappa shape index (κ1) is 17.9. The number of ether oxygens (including phenoxy) is 1. The maximum absolute atomic E-state index is 12.3. The monoisotopic (exact) mass is 315 g/mol. The van der Waals surface area contributed by atoms with Crippen LogP contribution >= 0.6 is 0 Å². The fourth-order valence-electron chi connectivity index (χ4n) is 1.99. The highest BCUT2D eigenvalue weighted by Gasteiger charge is 2.19. The Hall–Kier alpha value is -1.11. The van der Waals surface area contributed by atoms with E-state index in [4.69, 9.17) is 9.84 Å². The fraction of sp³-hybridized carbons (Fsp3) is 0.600. The van der Waals surface area contributed by atoms with Gasteiger partial charge in [-0.25, -0.2) is 13.1 Å². The van der Waals surface area contributed by atoms with Crippen LogP contribution in [0.1, 0.15) is 38.7 Å². The molecule has 1 aromatic carbocycles. The molecule has 120 valence electrons. The van der Waals surface area contributed by atoms with E-state index in [1.165, 1.54) is 19.2 Å². The van der Waals surface area contributed by atoms with Crippen LogP contribution in [-0.2, 0) is 16.6 Å². The second kappa shape index (κ2) is 8.36. The van der Waals surface area contributed by atoms with Gasteiger partial charge in [-0.3, -0.25) is 0 Å². The standard InChI is InChI=1S/C15H25NO4S/c1-12(2)6-4-5-9-16-21(18,19)15-8-7-13(11-17)10-14(15)20-3/h7-8,10,12,16-17H,4-6,9,11H2,1-3H3. The number of benzene rings is 1. The first-order chi connectivity index (χ1) is 9.90. The molecule has 0 spiro atoms. The van der Waals surface area contributed by atoms with Crippen LogP contribution in [0.5, 0.6) is 5.75 Å². The molecule has 0 unspecified atom stereocenters. The topological polar surface area (TPSA) is 75.6 Å². The number of aliphatic hydroxyl groups is 1. The van der Waals surface area contributed by atoms with Crippen molar-refractivity contribution in [3.63, 3.8) is 0 Å². The molecule has 0 aliphatic carbocycles. The molecule has 21 heavy (non-hydrogen) atoms. The molecule has 0 aliphatic heterocycles. The summed E-state index contributed by atoms with van der Waals surface area (Å²) >= 11 is 0. The van der Waals surface area contributed by atoms with Crippen molar-refractivity contribution in [3.05, 3.63) is 23.8 Å². The third-order valence-electron chi connectivity index (χ3n) is 3.20. The number of rotatable bonds is 9. The van der Waals surface area contributed by atoms with Gasteiger partial charge < -0.3 is 9.84 Å². The molecule has 1 rings (SSSR count). The first-order valence-electron chi connectivity index (χ1n) is 7.18. The molecule has 6 heteroatoms. The Balaban J connectivity index is 2.70. The van der Waals surface area contributed by atoms with E-state index in [2.05, 4.69) is 18.6 Å². The van der Waals surface area contributed by atoms with Gasteiger partial charge in [0.15, 0.2) is 0 Å². The zero-order chi connectivity index (χ0) is 15.9. The van der Waals surface area contributed by atoms with Crippen LogP contribution in [0.15, 0.2) is 23.1 Å². The van der Waals surface area contributed by atoms with E-state index in [0.29, 0.717) is 18.0 Å². The van der Waals surface area contributed by atoms with Crippen molar-refractivity contribution in [3.8, 4) is 5.75 Å². The summed E-state index contributed by atoms with van der Waals surface area (Å²) < 4.78 is 32.2. The molecule has 0 heterocycles. The molecule has 0 saturated heterocycles. The predicted molar refractivity (Wildman–Crippen MR) is 82.8 cm³/mol. The quantitative estimate of drug-likeness (QED) is 0.686. The lowest BCUT2D eigenvalue weighted by Crippen LogP contribution is -2.25. The van der Waals surface area contributed by atoms with Crippen LogP contribution < -0.4 is 9.46 Å². The van der Waals surface area contributed by atoms with Crippen molar-refractivity contribution < 1.29 is 18.3 Å². The molecule has 1 aromatic rings. The molecule has 0 atom stereocenters. The number of nitrogens with one attached hydrogen (secondary N) is 1. The zero-order valence-electron chi connectivity index (χ0n) is 12.9. The Labute approximate surface area is 127 Å². The maximum atomic E-state index is 12.3.